The van der Waals surface area contributed by atoms with Crippen molar-refractivity contribution in [2.75, 3.05) is 12.8 Å². The van der Waals surface area contributed by atoms with Crippen LogP contribution in [0.5, 0.6) is 0 Å². The smallest absolute Gasteiger partial charge is 0.130 e. The fourth-order valence-electron chi connectivity index (χ4n) is 1.57. The van der Waals surface area contributed by atoms with Gasteiger partial charge in [-0.25, -0.2) is 4.39 Å². The minimum Gasteiger partial charge on any atom is -0.384 e. The molecule has 6 heteroatoms. The van der Waals surface area contributed by atoms with Crippen LogP contribution in [0.25, 0.3) is 11.1 Å². The molecule has 2 aromatic rings. The molecular weight excluding hydrogens is 289 g/mol. The summed E-state index contributed by atoms with van der Waals surface area (Å²) >= 11 is 3.32. The van der Waals surface area contributed by atoms with Crippen LogP contribution in [0, 0.1) is 5.82 Å². The maximum absolute atomic E-state index is 13.8. The van der Waals surface area contributed by atoms with E-state index < -0.39 is 0 Å². The van der Waals surface area contributed by atoms with E-state index in [1.165, 1.54) is 13.2 Å². The van der Waals surface area contributed by atoms with E-state index in [4.69, 9.17) is 10.5 Å². The second-order valence-corrected chi connectivity index (χ2v) is 4.40. The lowest BCUT2D eigenvalue weighted by atomic mass is 10.1. The van der Waals surface area contributed by atoms with Crippen molar-refractivity contribution in [2.45, 2.75) is 6.61 Å². The van der Waals surface area contributed by atoms with Gasteiger partial charge in [-0.1, -0.05) is 15.9 Å². The van der Waals surface area contributed by atoms with E-state index in [1.54, 1.807) is 12.3 Å². The minimum atomic E-state index is -0.336. The highest BCUT2D eigenvalue weighted by Gasteiger charge is 2.12. The number of aromatic amines is 1. The van der Waals surface area contributed by atoms with Gasteiger partial charge in [-0.3, -0.25) is 5.10 Å². The van der Waals surface area contributed by atoms with Crippen molar-refractivity contribution in [1.82, 2.24) is 10.2 Å². The number of aromatic nitrogens is 2. The molecule has 0 amide bonds. The first-order valence-corrected chi connectivity index (χ1v) is 5.69. The van der Waals surface area contributed by atoms with Gasteiger partial charge in [-0.15, -0.1) is 0 Å². The predicted octanol–water partition coefficient (Wildman–Crippen LogP) is 2.71. The number of rotatable bonds is 3. The highest BCUT2D eigenvalue weighted by molar-refractivity contribution is 9.10. The van der Waals surface area contributed by atoms with Gasteiger partial charge in [0, 0.05) is 22.7 Å². The Morgan fingerprint density at radius 2 is 2.29 bits per heavy atom. The van der Waals surface area contributed by atoms with Gasteiger partial charge in [0.1, 0.15) is 11.6 Å². The summed E-state index contributed by atoms with van der Waals surface area (Å²) in [7, 11) is 1.52. The number of anilines is 1. The molecule has 0 unspecified atom stereocenters. The van der Waals surface area contributed by atoms with Gasteiger partial charge >= 0.3 is 0 Å². The summed E-state index contributed by atoms with van der Waals surface area (Å²) in [6.07, 6.45) is 1.56. The lowest BCUT2D eigenvalue weighted by Crippen LogP contribution is -1.96. The molecule has 0 aliphatic heterocycles. The second-order valence-electron chi connectivity index (χ2n) is 3.55. The molecule has 0 atom stereocenters. The number of hydrogen-bond acceptors (Lipinski definition) is 3. The first-order valence-electron chi connectivity index (χ1n) is 4.89. The van der Waals surface area contributed by atoms with Crippen molar-refractivity contribution in [3.05, 3.63) is 34.2 Å². The molecule has 0 bridgehead atoms. The zero-order valence-electron chi connectivity index (χ0n) is 9.13. The third-order valence-corrected chi connectivity index (χ3v) is 3.12. The molecule has 2 rings (SSSR count). The summed E-state index contributed by atoms with van der Waals surface area (Å²) in [5.74, 6) is 0.0765. The zero-order chi connectivity index (χ0) is 12.4. The van der Waals surface area contributed by atoms with Gasteiger partial charge in [0.15, 0.2) is 0 Å². The van der Waals surface area contributed by atoms with E-state index in [9.17, 15) is 4.39 Å². The molecule has 0 aliphatic rings. The van der Waals surface area contributed by atoms with Gasteiger partial charge in [0.05, 0.1) is 12.8 Å². The Bertz CT molecular complexity index is 518. The largest absolute Gasteiger partial charge is 0.384 e. The summed E-state index contributed by atoms with van der Waals surface area (Å²) in [4.78, 5) is 0. The van der Waals surface area contributed by atoms with Crippen LogP contribution < -0.4 is 5.73 Å². The summed E-state index contributed by atoms with van der Waals surface area (Å²) in [6, 6.07) is 3.21. The zero-order valence-corrected chi connectivity index (χ0v) is 10.7. The number of nitrogens with two attached hydrogens (primary N) is 1. The van der Waals surface area contributed by atoms with E-state index in [-0.39, 0.29) is 12.4 Å². The van der Waals surface area contributed by atoms with Gasteiger partial charge in [-0.2, -0.15) is 5.10 Å². The Labute approximate surface area is 106 Å². The number of hydrogen-bond donors (Lipinski definition) is 2. The molecule has 4 nitrogen and oxygen atoms in total. The van der Waals surface area contributed by atoms with E-state index in [2.05, 4.69) is 26.1 Å². The lowest BCUT2D eigenvalue weighted by molar-refractivity contribution is 0.181. The van der Waals surface area contributed by atoms with Crippen LogP contribution in [0.2, 0.25) is 0 Å². The van der Waals surface area contributed by atoms with Gasteiger partial charge < -0.3 is 10.5 Å². The Morgan fingerprint density at radius 3 is 2.82 bits per heavy atom. The van der Waals surface area contributed by atoms with Gasteiger partial charge in [0.25, 0.3) is 0 Å². The highest BCUT2D eigenvalue weighted by Crippen LogP contribution is 2.30. The molecule has 0 saturated heterocycles. The van der Waals surface area contributed by atoms with Crippen molar-refractivity contribution >= 4 is 21.7 Å². The summed E-state index contributed by atoms with van der Waals surface area (Å²) in [5.41, 5.74) is 7.52. The predicted molar refractivity (Wildman–Crippen MR) is 66.8 cm³/mol. The molecule has 0 spiro atoms. The maximum atomic E-state index is 13.8. The van der Waals surface area contributed by atoms with E-state index in [1.807, 2.05) is 0 Å². The fourth-order valence-corrected chi connectivity index (χ4v) is 2.12. The molecule has 1 aromatic carbocycles. The Morgan fingerprint density at radius 1 is 1.53 bits per heavy atom. The molecule has 1 aromatic heterocycles. The maximum Gasteiger partial charge on any atom is 0.130 e. The van der Waals surface area contributed by atoms with Crippen molar-refractivity contribution in [3.63, 3.8) is 0 Å². The SMILES string of the molecule is COCc1c(F)cc(-c2cn[nH]c2N)cc1Br. The monoisotopic (exact) mass is 299 g/mol. The van der Waals surface area contributed by atoms with Gasteiger partial charge in [-0.05, 0) is 17.7 Å². The fraction of sp³-hybridized carbons (Fsp3) is 0.182. The third kappa shape index (κ3) is 2.32. The molecule has 0 radical (unpaired) electrons. The Kier molecular flexibility index (Phi) is 3.44. The van der Waals surface area contributed by atoms with Gasteiger partial charge in [0.2, 0.25) is 0 Å². The highest BCUT2D eigenvalue weighted by atomic mass is 79.9. The van der Waals surface area contributed by atoms with Crippen molar-refractivity contribution in [2.24, 2.45) is 0 Å². The lowest BCUT2D eigenvalue weighted by Gasteiger charge is -2.08. The molecule has 17 heavy (non-hydrogen) atoms. The average Bonchev–Trinajstić information content (AvgIpc) is 2.69. The topological polar surface area (TPSA) is 63.9 Å². The Hall–Kier alpha value is -1.40. The number of nitrogen functional groups attached to an aromatic ring is 1. The number of methoxy groups -OCH3 is 1. The average molecular weight is 300 g/mol. The molecule has 0 fully saturated rings. The van der Waals surface area contributed by atoms with E-state index >= 15 is 0 Å². The summed E-state index contributed by atoms with van der Waals surface area (Å²) in [6.45, 7) is 0.216. The second kappa shape index (κ2) is 4.85. The summed E-state index contributed by atoms with van der Waals surface area (Å²) < 4.78 is 19.4. The molecule has 3 N–H and O–H groups in total. The normalized spacial score (nSPS) is 10.8. The number of halogens is 2. The number of H-pyrrole nitrogens is 1. The summed E-state index contributed by atoms with van der Waals surface area (Å²) in [5, 5.41) is 6.41. The van der Waals surface area contributed by atoms with Crippen molar-refractivity contribution in [1.29, 1.82) is 0 Å². The Balaban J connectivity index is 2.49. The number of ether oxygens (including phenoxy) is 1. The molecule has 0 saturated carbocycles. The van der Waals surface area contributed by atoms with Crippen LogP contribution in [0.15, 0.2) is 22.8 Å². The molecule has 0 aliphatic carbocycles. The standard InChI is InChI=1S/C11H11BrFN3O/c1-17-5-8-9(12)2-6(3-10(8)13)7-4-15-16-11(7)14/h2-4H,5H2,1H3,(H3,14,15,16). The first kappa shape index (κ1) is 12.1. The van der Waals surface area contributed by atoms with Crippen LogP contribution in [-0.4, -0.2) is 17.3 Å². The molecule has 1 heterocycles. The van der Waals surface area contributed by atoms with Crippen LogP contribution in [0.4, 0.5) is 10.2 Å². The van der Waals surface area contributed by atoms with E-state index in [0.29, 0.717) is 27.0 Å². The van der Waals surface area contributed by atoms with Crippen molar-refractivity contribution in [3.8, 4) is 11.1 Å². The van der Waals surface area contributed by atoms with Crippen LogP contribution in [0.1, 0.15) is 5.56 Å². The molecule has 90 valence electrons. The van der Waals surface area contributed by atoms with Crippen LogP contribution in [-0.2, 0) is 11.3 Å². The first-order chi connectivity index (χ1) is 8.13. The number of benzene rings is 1. The minimum absolute atomic E-state index is 0.216. The quantitative estimate of drug-likeness (QED) is 0.916. The molecular formula is C11H11BrFN3O. The number of nitrogens with one attached hydrogen (secondary N) is 1. The van der Waals surface area contributed by atoms with E-state index in [0.717, 1.165) is 0 Å². The van der Waals surface area contributed by atoms with Crippen molar-refractivity contribution < 1.29 is 9.13 Å². The van der Waals surface area contributed by atoms with Crippen LogP contribution >= 0.6 is 15.9 Å². The van der Waals surface area contributed by atoms with Crippen LogP contribution in [0.3, 0.4) is 0 Å². The third-order valence-electron chi connectivity index (χ3n) is 2.41. The number of nitrogens with zero attached hydrogens (tertiary/aromatic N) is 1.